The molecule has 0 fully saturated rings. The molecule has 0 radical (unpaired) electrons. The number of rotatable bonds is 1. The molecule has 1 rings (SSSR count). The lowest BCUT2D eigenvalue weighted by molar-refractivity contribution is 1.06. The van der Waals surface area contributed by atoms with Gasteiger partial charge in [0.15, 0.2) is 0 Å². The molecule has 0 unspecified atom stereocenters. The molecular formula is C7H7Cl2N. The Morgan fingerprint density at radius 3 is 2.60 bits per heavy atom. The zero-order valence-electron chi connectivity index (χ0n) is 5.51. The lowest BCUT2D eigenvalue weighted by Crippen LogP contribution is -1.84. The first kappa shape index (κ1) is 7.83. The van der Waals surface area contributed by atoms with Crippen LogP contribution in [-0.2, 0) is 0 Å². The summed E-state index contributed by atoms with van der Waals surface area (Å²) in [5, 5.41) is 0.505. The number of halogens is 2. The van der Waals surface area contributed by atoms with Crippen molar-refractivity contribution < 1.29 is 0 Å². The second kappa shape index (κ2) is 3.22. The summed E-state index contributed by atoms with van der Waals surface area (Å²) in [6.45, 7) is 1.90. The van der Waals surface area contributed by atoms with Crippen LogP contribution in [0.2, 0.25) is 5.15 Å². The minimum absolute atomic E-state index is 0.00441. The Kier molecular flexibility index (Phi) is 2.52. The fourth-order valence-electron chi connectivity index (χ4n) is 0.623. The molecule has 1 nitrogen and oxygen atoms in total. The molecule has 0 N–H and O–H groups in total. The molecule has 0 aromatic carbocycles. The molecule has 1 aromatic heterocycles. The van der Waals surface area contributed by atoms with Gasteiger partial charge in [-0.25, -0.2) is 4.98 Å². The topological polar surface area (TPSA) is 12.9 Å². The summed E-state index contributed by atoms with van der Waals surface area (Å²) < 4.78 is 0. The molecule has 0 saturated carbocycles. The van der Waals surface area contributed by atoms with E-state index in [1.54, 1.807) is 12.3 Å². The maximum Gasteiger partial charge on any atom is 0.129 e. The molecule has 3 heteroatoms. The van der Waals surface area contributed by atoms with Gasteiger partial charge in [-0.2, -0.15) is 0 Å². The van der Waals surface area contributed by atoms with Crippen LogP contribution in [0.1, 0.15) is 17.9 Å². The van der Waals surface area contributed by atoms with Gasteiger partial charge in [0.05, 0.1) is 5.38 Å². The highest BCUT2D eigenvalue weighted by Gasteiger charge is 1.99. The Balaban J connectivity index is 2.89. The lowest BCUT2D eigenvalue weighted by Gasteiger charge is -2.00. The number of aromatic nitrogens is 1. The monoisotopic (exact) mass is 175 g/mol. The van der Waals surface area contributed by atoms with Crippen LogP contribution in [0.5, 0.6) is 0 Å². The van der Waals surface area contributed by atoms with Crippen molar-refractivity contribution in [1.82, 2.24) is 4.98 Å². The minimum Gasteiger partial charge on any atom is -0.244 e. The van der Waals surface area contributed by atoms with E-state index in [-0.39, 0.29) is 5.38 Å². The number of pyridine rings is 1. The van der Waals surface area contributed by atoms with Crippen LogP contribution in [-0.4, -0.2) is 4.98 Å². The Morgan fingerprint density at radius 1 is 1.50 bits per heavy atom. The predicted octanol–water partition coefficient (Wildman–Crippen LogP) is 3.03. The van der Waals surface area contributed by atoms with Crippen molar-refractivity contribution in [3.8, 4) is 0 Å². The first-order chi connectivity index (χ1) is 4.70. The Morgan fingerprint density at radius 2 is 2.20 bits per heavy atom. The molecule has 0 spiro atoms. The van der Waals surface area contributed by atoms with Gasteiger partial charge in [0.1, 0.15) is 5.15 Å². The molecule has 0 aliphatic carbocycles. The quantitative estimate of drug-likeness (QED) is 0.473. The van der Waals surface area contributed by atoms with Crippen LogP contribution >= 0.6 is 23.2 Å². The second-order valence-electron chi connectivity index (χ2n) is 2.03. The molecule has 0 amide bonds. The Bertz CT molecular complexity index is 205. The van der Waals surface area contributed by atoms with E-state index in [9.17, 15) is 0 Å². The normalized spacial score (nSPS) is 13.1. The standard InChI is InChI=1S/C7H7Cl2N/c1-5(8)6-2-3-7(9)10-4-6/h2-5H,1H3/t5-/m0/s1. The molecule has 1 aromatic rings. The number of hydrogen-bond acceptors (Lipinski definition) is 1. The first-order valence-corrected chi connectivity index (χ1v) is 3.77. The Labute approximate surface area is 70.0 Å². The van der Waals surface area contributed by atoms with E-state index in [2.05, 4.69) is 4.98 Å². The maximum absolute atomic E-state index is 5.77. The van der Waals surface area contributed by atoms with Gasteiger partial charge in [0.25, 0.3) is 0 Å². The Hall–Kier alpha value is -0.270. The van der Waals surface area contributed by atoms with Gasteiger partial charge in [0.2, 0.25) is 0 Å². The molecule has 0 aliphatic heterocycles. The van der Waals surface area contributed by atoms with Crippen molar-refractivity contribution in [1.29, 1.82) is 0 Å². The van der Waals surface area contributed by atoms with Gasteiger partial charge in [0, 0.05) is 6.20 Å². The van der Waals surface area contributed by atoms with Crippen molar-refractivity contribution in [2.75, 3.05) is 0 Å². The molecule has 1 heterocycles. The van der Waals surface area contributed by atoms with Gasteiger partial charge >= 0.3 is 0 Å². The van der Waals surface area contributed by atoms with Crippen LogP contribution in [0.25, 0.3) is 0 Å². The van der Waals surface area contributed by atoms with Gasteiger partial charge < -0.3 is 0 Å². The van der Waals surface area contributed by atoms with Crippen LogP contribution < -0.4 is 0 Å². The highest BCUT2D eigenvalue weighted by atomic mass is 35.5. The number of hydrogen-bond donors (Lipinski definition) is 0. The predicted molar refractivity (Wildman–Crippen MR) is 43.5 cm³/mol. The summed E-state index contributed by atoms with van der Waals surface area (Å²) in [6, 6.07) is 3.60. The zero-order chi connectivity index (χ0) is 7.56. The highest BCUT2D eigenvalue weighted by molar-refractivity contribution is 6.29. The lowest BCUT2D eigenvalue weighted by atomic mass is 10.2. The third kappa shape index (κ3) is 1.86. The third-order valence-electron chi connectivity index (χ3n) is 1.21. The summed E-state index contributed by atoms with van der Waals surface area (Å²) in [5.41, 5.74) is 0.992. The van der Waals surface area contributed by atoms with Crippen LogP contribution in [0.15, 0.2) is 18.3 Å². The van der Waals surface area contributed by atoms with Crippen molar-refractivity contribution in [2.24, 2.45) is 0 Å². The van der Waals surface area contributed by atoms with Crippen molar-refractivity contribution in [3.63, 3.8) is 0 Å². The fourth-order valence-corrected chi connectivity index (χ4v) is 0.863. The van der Waals surface area contributed by atoms with E-state index in [0.29, 0.717) is 5.15 Å². The molecule has 1 atom stereocenters. The van der Waals surface area contributed by atoms with Crippen LogP contribution in [0.3, 0.4) is 0 Å². The van der Waals surface area contributed by atoms with Crippen molar-refractivity contribution >= 4 is 23.2 Å². The fraction of sp³-hybridized carbons (Fsp3) is 0.286. The second-order valence-corrected chi connectivity index (χ2v) is 3.07. The minimum atomic E-state index is 0.00441. The largest absolute Gasteiger partial charge is 0.244 e. The summed E-state index contributed by atoms with van der Waals surface area (Å²) in [6.07, 6.45) is 1.68. The van der Waals surface area contributed by atoms with E-state index in [0.717, 1.165) is 5.56 Å². The summed E-state index contributed by atoms with van der Waals surface area (Å²) >= 11 is 11.3. The summed E-state index contributed by atoms with van der Waals surface area (Å²) in [5.74, 6) is 0. The van der Waals surface area contributed by atoms with Gasteiger partial charge in [-0.1, -0.05) is 17.7 Å². The van der Waals surface area contributed by atoms with Crippen molar-refractivity contribution in [2.45, 2.75) is 12.3 Å². The number of nitrogens with zero attached hydrogens (tertiary/aromatic N) is 1. The maximum atomic E-state index is 5.77. The average molecular weight is 176 g/mol. The van der Waals surface area contributed by atoms with Crippen LogP contribution in [0.4, 0.5) is 0 Å². The van der Waals surface area contributed by atoms with Gasteiger partial charge in [-0.05, 0) is 18.6 Å². The molecule has 0 aliphatic rings. The van der Waals surface area contributed by atoms with E-state index in [1.165, 1.54) is 0 Å². The molecule has 0 bridgehead atoms. The van der Waals surface area contributed by atoms with E-state index < -0.39 is 0 Å². The van der Waals surface area contributed by atoms with Gasteiger partial charge in [-0.15, -0.1) is 11.6 Å². The van der Waals surface area contributed by atoms with E-state index >= 15 is 0 Å². The summed E-state index contributed by atoms with van der Waals surface area (Å²) in [7, 11) is 0. The molecule has 10 heavy (non-hydrogen) atoms. The van der Waals surface area contributed by atoms with E-state index in [1.807, 2.05) is 13.0 Å². The molecular weight excluding hydrogens is 169 g/mol. The average Bonchev–Trinajstić information content (AvgIpc) is 1.88. The summed E-state index contributed by atoms with van der Waals surface area (Å²) in [4.78, 5) is 3.88. The molecule has 0 saturated heterocycles. The number of alkyl halides is 1. The van der Waals surface area contributed by atoms with Crippen LogP contribution in [0, 0.1) is 0 Å². The van der Waals surface area contributed by atoms with Crippen molar-refractivity contribution in [3.05, 3.63) is 29.0 Å². The third-order valence-corrected chi connectivity index (χ3v) is 1.69. The zero-order valence-corrected chi connectivity index (χ0v) is 7.02. The SMILES string of the molecule is C[C@H](Cl)c1ccc(Cl)nc1. The van der Waals surface area contributed by atoms with Gasteiger partial charge in [-0.3, -0.25) is 0 Å². The molecule has 54 valence electrons. The first-order valence-electron chi connectivity index (χ1n) is 2.95. The highest BCUT2D eigenvalue weighted by Crippen LogP contribution is 2.18. The van der Waals surface area contributed by atoms with E-state index in [4.69, 9.17) is 23.2 Å². The smallest absolute Gasteiger partial charge is 0.129 e.